The molecule has 0 aliphatic carbocycles. The number of nitrogens with zero attached hydrogens (tertiary/aromatic N) is 1. The van der Waals surface area contributed by atoms with E-state index in [9.17, 15) is 9.59 Å². The Balaban J connectivity index is 1.73. The van der Waals surface area contributed by atoms with Crippen LogP contribution in [0.2, 0.25) is 0 Å². The molecule has 0 aliphatic heterocycles. The van der Waals surface area contributed by atoms with Crippen LogP contribution >= 0.6 is 0 Å². The normalized spacial score (nSPS) is 11.0. The zero-order valence-corrected chi connectivity index (χ0v) is 17.7. The predicted molar refractivity (Wildman–Crippen MR) is 118 cm³/mol. The largest absolute Gasteiger partial charge is 0.495 e. The third-order valence-corrected chi connectivity index (χ3v) is 4.54. The third kappa shape index (κ3) is 5.86. The molecular formula is C25H22N2O5. The Morgan fingerprint density at radius 1 is 1.03 bits per heavy atom. The number of hydrogen-bond acceptors (Lipinski definition) is 6. The monoisotopic (exact) mass is 430 g/mol. The van der Waals surface area contributed by atoms with Crippen molar-refractivity contribution in [2.75, 3.05) is 19.0 Å². The lowest BCUT2D eigenvalue weighted by molar-refractivity contribution is -0.156. The molecule has 1 N–H and O–H groups in total. The van der Waals surface area contributed by atoms with Crippen LogP contribution < -0.4 is 14.8 Å². The smallest absolute Gasteiger partial charge is 0.345 e. The van der Waals surface area contributed by atoms with Crippen LogP contribution in [0.15, 0.2) is 72.8 Å². The molecule has 0 radical (unpaired) electrons. The number of anilines is 1. The first-order chi connectivity index (χ1) is 15.5. The lowest BCUT2D eigenvalue weighted by atomic mass is 10.1. The highest BCUT2D eigenvalue weighted by atomic mass is 16.6. The number of carbonyl (C=O) groups is 2. The number of methoxy groups -OCH3 is 1. The van der Waals surface area contributed by atoms with Crippen molar-refractivity contribution in [3.05, 3.63) is 89.5 Å². The molecule has 0 saturated carbocycles. The molecule has 0 saturated heterocycles. The number of esters is 1. The predicted octanol–water partition coefficient (Wildman–Crippen LogP) is 4.18. The highest BCUT2D eigenvalue weighted by Crippen LogP contribution is 2.28. The maximum atomic E-state index is 13.1. The third-order valence-electron chi connectivity index (χ3n) is 4.54. The van der Waals surface area contributed by atoms with E-state index in [0.717, 1.165) is 5.56 Å². The minimum atomic E-state index is -1.18. The van der Waals surface area contributed by atoms with Crippen molar-refractivity contribution >= 4 is 17.6 Å². The van der Waals surface area contributed by atoms with Gasteiger partial charge in [0.1, 0.15) is 11.5 Å². The zero-order valence-electron chi connectivity index (χ0n) is 17.7. The fourth-order valence-corrected chi connectivity index (χ4v) is 2.95. The van der Waals surface area contributed by atoms with Crippen molar-refractivity contribution in [3.63, 3.8) is 0 Å². The molecule has 1 unspecified atom stereocenters. The van der Waals surface area contributed by atoms with Gasteiger partial charge in [0.2, 0.25) is 6.10 Å². The first-order valence-electron chi connectivity index (χ1n) is 9.83. The van der Waals surface area contributed by atoms with Crippen molar-refractivity contribution in [1.29, 1.82) is 5.26 Å². The molecule has 0 heterocycles. The molecule has 3 rings (SSSR count). The number of nitrogens with one attached hydrogen (secondary N) is 1. The van der Waals surface area contributed by atoms with Crippen molar-refractivity contribution in [2.45, 2.75) is 13.0 Å². The summed E-state index contributed by atoms with van der Waals surface area (Å²) in [6.07, 6.45) is -1.18. The summed E-state index contributed by atoms with van der Waals surface area (Å²) >= 11 is 0. The van der Waals surface area contributed by atoms with Gasteiger partial charge in [-0.05, 0) is 48.9 Å². The molecule has 7 nitrogen and oxygen atoms in total. The van der Waals surface area contributed by atoms with E-state index in [0.29, 0.717) is 28.3 Å². The quantitative estimate of drug-likeness (QED) is 0.539. The number of aryl methyl sites for hydroxylation is 1. The van der Waals surface area contributed by atoms with Crippen molar-refractivity contribution in [2.24, 2.45) is 0 Å². The van der Waals surface area contributed by atoms with Crippen LogP contribution in [-0.2, 0) is 14.3 Å². The molecule has 0 spiro atoms. The Morgan fingerprint density at radius 3 is 2.41 bits per heavy atom. The van der Waals surface area contributed by atoms with E-state index >= 15 is 0 Å². The maximum absolute atomic E-state index is 13.1. The van der Waals surface area contributed by atoms with Crippen LogP contribution in [-0.4, -0.2) is 25.6 Å². The molecule has 162 valence electrons. The summed E-state index contributed by atoms with van der Waals surface area (Å²) in [7, 11) is 1.51. The van der Waals surface area contributed by atoms with Gasteiger partial charge in [-0.15, -0.1) is 0 Å². The lowest BCUT2D eigenvalue weighted by Crippen LogP contribution is -2.28. The minimum Gasteiger partial charge on any atom is -0.495 e. The number of benzene rings is 3. The van der Waals surface area contributed by atoms with Crippen molar-refractivity contribution < 1.29 is 23.8 Å². The highest BCUT2D eigenvalue weighted by Gasteiger charge is 2.26. The summed E-state index contributed by atoms with van der Waals surface area (Å²) in [6, 6.07) is 22.4. The first-order valence-corrected chi connectivity index (χ1v) is 9.83. The second-order valence-corrected chi connectivity index (χ2v) is 6.90. The summed E-state index contributed by atoms with van der Waals surface area (Å²) in [5, 5.41) is 11.6. The molecule has 1 amide bonds. The Morgan fingerprint density at radius 2 is 1.75 bits per heavy atom. The number of amides is 1. The van der Waals surface area contributed by atoms with Crippen LogP contribution in [0.3, 0.4) is 0 Å². The molecule has 0 aromatic heterocycles. The number of hydrogen-bond donors (Lipinski definition) is 1. The minimum absolute atomic E-state index is 0.393. The average molecular weight is 430 g/mol. The van der Waals surface area contributed by atoms with Crippen LogP contribution in [0.1, 0.15) is 22.8 Å². The Labute approximate surface area is 186 Å². The second kappa shape index (κ2) is 10.6. The van der Waals surface area contributed by atoms with E-state index in [1.165, 1.54) is 7.11 Å². The fourth-order valence-electron chi connectivity index (χ4n) is 2.95. The second-order valence-electron chi connectivity index (χ2n) is 6.90. The lowest BCUT2D eigenvalue weighted by Gasteiger charge is -2.19. The van der Waals surface area contributed by atoms with Crippen molar-refractivity contribution in [3.8, 4) is 17.6 Å². The summed E-state index contributed by atoms with van der Waals surface area (Å²) in [4.78, 5) is 25.5. The topological polar surface area (TPSA) is 97.7 Å². The van der Waals surface area contributed by atoms with Gasteiger partial charge in [-0.3, -0.25) is 4.79 Å². The molecule has 32 heavy (non-hydrogen) atoms. The van der Waals surface area contributed by atoms with Crippen LogP contribution in [0.5, 0.6) is 11.5 Å². The molecule has 7 heteroatoms. The number of ether oxygens (including phenoxy) is 3. The highest BCUT2D eigenvalue weighted by molar-refractivity contribution is 5.97. The number of rotatable bonds is 8. The van der Waals surface area contributed by atoms with Gasteiger partial charge >= 0.3 is 5.97 Å². The summed E-state index contributed by atoms with van der Waals surface area (Å²) in [5.41, 5.74) is 2.41. The van der Waals surface area contributed by atoms with Crippen LogP contribution in [0.4, 0.5) is 5.69 Å². The summed E-state index contributed by atoms with van der Waals surface area (Å²) in [5.74, 6) is -0.334. The van der Waals surface area contributed by atoms with E-state index in [1.807, 2.05) is 19.1 Å². The van der Waals surface area contributed by atoms with E-state index in [2.05, 4.69) is 5.32 Å². The zero-order chi connectivity index (χ0) is 22.9. The summed E-state index contributed by atoms with van der Waals surface area (Å²) in [6.45, 7) is 1.50. The Hall–Kier alpha value is -4.31. The molecule has 0 bridgehead atoms. The Kier molecular flexibility index (Phi) is 7.44. The summed E-state index contributed by atoms with van der Waals surface area (Å²) < 4.78 is 16.2. The van der Waals surface area contributed by atoms with Gasteiger partial charge in [-0.2, -0.15) is 5.26 Å². The van der Waals surface area contributed by atoms with E-state index < -0.39 is 24.6 Å². The molecule has 1 atom stereocenters. The Bertz CT molecular complexity index is 1120. The van der Waals surface area contributed by atoms with Crippen LogP contribution in [0, 0.1) is 18.3 Å². The molecule has 0 aliphatic rings. The van der Waals surface area contributed by atoms with Crippen LogP contribution in [0.25, 0.3) is 0 Å². The molecule has 3 aromatic rings. The van der Waals surface area contributed by atoms with E-state index in [4.69, 9.17) is 19.5 Å². The van der Waals surface area contributed by atoms with Gasteiger partial charge in [-0.25, -0.2) is 4.79 Å². The maximum Gasteiger partial charge on any atom is 0.345 e. The standard InChI is InChI=1S/C25H22N2O5/c1-17-8-13-22(30-2)21(14-17)27-25(29)24(19-6-4-3-5-7-19)32-23(28)16-31-20-11-9-18(15-26)10-12-20/h3-14,24H,16H2,1-2H3,(H,27,29). The molecule has 0 fully saturated rings. The van der Waals surface area contributed by atoms with Gasteiger partial charge in [0.25, 0.3) is 5.91 Å². The van der Waals surface area contributed by atoms with Gasteiger partial charge in [0.05, 0.1) is 24.4 Å². The SMILES string of the molecule is COc1ccc(C)cc1NC(=O)C(OC(=O)COc1ccc(C#N)cc1)c1ccccc1. The molecule has 3 aromatic carbocycles. The first kappa shape index (κ1) is 22.4. The number of carbonyl (C=O) groups excluding carboxylic acids is 2. The molecular weight excluding hydrogens is 408 g/mol. The van der Waals surface area contributed by atoms with E-state index in [-0.39, 0.29) is 0 Å². The van der Waals surface area contributed by atoms with Gasteiger partial charge in [0.15, 0.2) is 6.61 Å². The van der Waals surface area contributed by atoms with E-state index in [1.54, 1.807) is 66.7 Å². The van der Waals surface area contributed by atoms with Gasteiger partial charge in [0, 0.05) is 5.56 Å². The van der Waals surface area contributed by atoms with Gasteiger partial charge in [-0.1, -0.05) is 36.4 Å². The number of nitriles is 1. The van der Waals surface area contributed by atoms with Gasteiger partial charge < -0.3 is 19.5 Å². The van der Waals surface area contributed by atoms with Crippen molar-refractivity contribution in [1.82, 2.24) is 0 Å². The fraction of sp³-hybridized carbons (Fsp3) is 0.160. The average Bonchev–Trinajstić information content (AvgIpc) is 2.82.